The van der Waals surface area contributed by atoms with Gasteiger partial charge < -0.3 is 15.0 Å². The predicted molar refractivity (Wildman–Crippen MR) is 114 cm³/mol. The maximum atomic E-state index is 12.3. The van der Waals surface area contributed by atoms with Gasteiger partial charge in [-0.1, -0.05) is 12.1 Å². The van der Waals surface area contributed by atoms with Crippen molar-refractivity contribution in [1.82, 2.24) is 15.1 Å². The van der Waals surface area contributed by atoms with Crippen LogP contribution in [0, 0.1) is 0 Å². The molecule has 31 heavy (non-hydrogen) atoms. The van der Waals surface area contributed by atoms with Crippen molar-refractivity contribution in [3.05, 3.63) is 78.1 Å². The molecule has 1 aliphatic rings. The summed E-state index contributed by atoms with van der Waals surface area (Å²) in [5, 5.41) is 6.71. The molecule has 0 radical (unpaired) electrons. The number of nitrogens with one attached hydrogen (secondary N) is 1. The third kappa shape index (κ3) is 4.98. The smallest absolute Gasteiger partial charge is 0.325 e. The number of hydrogen-bond donors (Lipinski definition) is 1. The second-order valence-electron chi connectivity index (χ2n) is 7.16. The lowest BCUT2D eigenvalue weighted by Gasteiger charge is -2.15. The standard InChI is InChI=1S/C23H22N4O4/c28-21-3-1-13-26(21)19-10-6-18(7-11-19)23(30)24-15-22(29)31-16-17-4-8-20(9-5-17)27-14-2-12-25-27/h2,4-12,14H,1,3,13,15-16H2,(H,24,30). The number of aromatic nitrogens is 2. The molecule has 0 unspecified atom stereocenters. The molecular formula is C23H22N4O4. The third-order valence-corrected chi connectivity index (χ3v) is 5.01. The van der Waals surface area contributed by atoms with E-state index < -0.39 is 5.97 Å². The van der Waals surface area contributed by atoms with Crippen molar-refractivity contribution < 1.29 is 19.1 Å². The second-order valence-corrected chi connectivity index (χ2v) is 7.16. The summed E-state index contributed by atoms with van der Waals surface area (Å²) in [6.45, 7) is 0.589. The Morgan fingerprint density at radius 1 is 1.03 bits per heavy atom. The van der Waals surface area contributed by atoms with Crippen molar-refractivity contribution in [1.29, 1.82) is 0 Å². The maximum Gasteiger partial charge on any atom is 0.325 e. The van der Waals surface area contributed by atoms with E-state index in [0.717, 1.165) is 23.4 Å². The lowest BCUT2D eigenvalue weighted by Crippen LogP contribution is -2.30. The summed E-state index contributed by atoms with van der Waals surface area (Å²) in [6.07, 6.45) is 4.94. The molecule has 0 aliphatic carbocycles. The van der Waals surface area contributed by atoms with Gasteiger partial charge in [0.1, 0.15) is 13.2 Å². The van der Waals surface area contributed by atoms with Gasteiger partial charge in [-0.2, -0.15) is 5.10 Å². The van der Waals surface area contributed by atoms with Gasteiger partial charge in [0.05, 0.1) is 5.69 Å². The fraction of sp³-hybridized carbons (Fsp3) is 0.217. The molecule has 0 saturated carbocycles. The lowest BCUT2D eigenvalue weighted by molar-refractivity contribution is -0.143. The molecular weight excluding hydrogens is 396 g/mol. The number of carbonyl (C=O) groups is 3. The average Bonchev–Trinajstić information content (AvgIpc) is 3.48. The van der Waals surface area contributed by atoms with Crippen LogP contribution in [0.2, 0.25) is 0 Å². The van der Waals surface area contributed by atoms with Crippen LogP contribution in [0.25, 0.3) is 5.69 Å². The molecule has 0 atom stereocenters. The first-order valence-electron chi connectivity index (χ1n) is 10.0. The number of carbonyl (C=O) groups excluding carboxylic acids is 3. The minimum Gasteiger partial charge on any atom is -0.460 e. The summed E-state index contributed by atoms with van der Waals surface area (Å²) in [4.78, 5) is 37.7. The predicted octanol–water partition coefficient (Wildman–Crippen LogP) is 2.47. The Hall–Kier alpha value is -3.94. The normalized spacial score (nSPS) is 13.3. The maximum absolute atomic E-state index is 12.3. The van der Waals surface area contributed by atoms with Crippen LogP contribution >= 0.6 is 0 Å². The molecule has 2 amide bonds. The lowest BCUT2D eigenvalue weighted by atomic mass is 10.2. The summed E-state index contributed by atoms with van der Waals surface area (Å²) < 4.78 is 6.96. The highest BCUT2D eigenvalue weighted by Gasteiger charge is 2.21. The SMILES string of the molecule is O=C(CNC(=O)c1ccc(N2CCCC2=O)cc1)OCc1ccc(-n2cccn2)cc1. The van der Waals surface area contributed by atoms with Gasteiger partial charge in [0, 0.05) is 36.6 Å². The zero-order chi connectivity index (χ0) is 21.6. The minimum absolute atomic E-state index is 0.0935. The number of esters is 1. The summed E-state index contributed by atoms with van der Waals surface area (Å²) >= 11 is 0. The van der Waals surface area contributed by atoms with E-state index in [1.807, 2.05) is 36.5 Å². The van der Waals surface area contributed by atoms with Gasteiger partial charge in [-0.05, 0) is 54.4 Å². The van der Waals surface area contributed by atoms with Gasteiger partial charge in [-0.25, -0.2) is 4.68 Å². The van der Waals surface area contributed by atoms with E-state index in [1.54, 1.807) is 40.0 Å². The highest BCUT2D eigenvalue weighted by atomic mass is 16.5. The molecule has 1 saturated heterocycles. The zero-order valence-electron chi connectivity index (χ0n) is 16.9. The van der Waals surface area contributed by atoms with E-state index in [2.05, 4.69) is 10.4 Å². The summed E-state index contributed by atoms with van der Waals surface area (Å²) in [7, 11) is 0. The van der Waals surface area contributed by atoms with Crippen LogP contribution in [0.3, 0.4) is 0 Å². The molecule has 8 nitrogen and oxygen atoms in total. The van der Waals surface area contributed by atoms with Crippen molar-refractivity contribution in [2.24, 2.45) is 0 Å². The van der Waals surface area contributed by atoms with E-state index in [1.165, 1.54) is 0 Å². The fourth-order valence-electron chi connectivity index (χ4n) is 3.35. The topological polar surface area (TPSA) is 93.5 Å². The van der Waals surface area contributed by atoms with Crippen LogP contribution in [-0.2, 0) is 20.9 Å². The molecule has 4 rings (SSSR count). The van der Waals surface area contributed by atoms with Crippen molar-refractivity contribution in [3.63, 3.8) is 0 Å². The van der Waals surface area contributed by atoms with Crippen molar-refractivity contribution in [2.75, 3.05) is 18.0 Å². The molecule has 158 valence electrons. The number of anilines is 1. The number of hydrogen-bond acceptors (Lipinski definition) is 5. The van der Waals surface area contributed by atoms with E-state index in [0.29, 0.717) is 18.5 Å². The van der Waals surface area contributed by atoms with Crippen LogP contribution in [0.5, 0.6) is 0 Å². The first kappa shape index (κ1) is 20.3. The van der Waals surface area contributed by atoms with Crippen LogP contribution in [0.1, 0.15) is 28.8 Å². The molecule has 8 heteroatoms. The summed E-state index contributed by atoms with van der Waals surface area (Å²) in [5.74, 6) is -0.806. The van der Waals surface area contributed by atoms with Crippen LogP contribution in [0.15, 0.2) is 67.0 Å². The first-order chi connectivity index (χ1) is 15.1. The number of amides is 2. The van der Waals surface area contributed by atoms with Crippen molar-refractivity contribution >= 4 is 23.5 Å². The van der Waals surface area contributed by atoms with Gasteiger partial charge in [0.2, 0.25) is 5.91 Å². The van der Waals surface area contributed by atoms with Gasteiger partial charge in [0.25, 0.3) is 5.91 Å². The Morgan fingerprint density at radius 2 is 1.77 bits per heavy atom. The van der Waals surface area contributed by atoms with Crippen LogP contribution in [-0.4, -0.2) is 40.7 Å². The number of benzene rings is 2. The fourth-order valence-corrected chi connectivity index (χ4v) is 3.35. The highest BCUT2D eigenvalue weighted by molar-refractivity contribution is 5.98. The Labute approximate surface area is 179 Å². The Kier molecular flexibility index (Phi) is 6.07. The summed E-state index contributed by atoms with van der Waals surface area (Å²) in [5.41, 5.74) is 2.93. The van der Waals surface area contributed by atoms with E-state index in [-0.39, 0.29) is 25.0 Å². The number of rotatable bonds is 7. The van der Waals surface area contributed by atoms with Crippen molar-refractivity contribution in [3.8, 4) is 5.69 Å². The van der Waals surface area contributed by atoms with Crippen LogP contribution in [0.4, 0.5) is 5.69 Å². The van der Waals surface area contributed by atoms with Gasteiger partial charge in [-0.15, -0.1) is 0 Å². The largest absolute Gasteiger partial charge is 0.460 e. The second kappa shape index (κ2) is 9.25. The monoisotopic (exact) mass is 418 g/mol. The highest BCUT2D eigenvalue weighted by Crippen LogP contribution is 2.21. The van der Waals surface area contributed by atoms with Crippen molar-refractivity contribution in [2.45, 2.75) is 19.4 Å². The molecule has 2 heterocycles. The van der Waals surface area contributed by atoms with Gasteiger partial charge in [-0.3, -0.25) is 14.4 Å². The van der Waals surface area contributed by atoms with E-state index in [4.69, 9.17) is 4.74 Å². The Morgan fingerprint density at radius 3 is 2.42 bits per heavy atom. The average molecular weight is 418 g/mol. The third-order valence-electron chi connectivity index (χ3n) is 5.01. The Balaban J connectivity index is 1.23. The van der Waals surface area contributed by atoms with Gasteiger partial charge >= 0.3 is 5.97 Å². The molecule has 1 N–H and O–H groups in total. The quantitative estimate of drug-likeness (QED) is 0.595. The molecule has 0 spiro atoms. The number of nitrogens with zero attached hydrogens (tertiary/aromatic N) is 3. The number of ether oxygens (including phenoxy) is 1. The first-order valence-corrected chi connectivity index (χ1v) is 10.0. The zero-order valence-corrected chi connectivity index (χ0v) is 16.9. The minimum atomic E-state index is -0.524. The molecule has 2 aromatic carbocycles. The summed E-state index contributed by atoms with van der Waals surface area (Å²) in [6, 6.07) is 16.1. The van der Waals surface area contributed by atoms with E-state index >= 15 is 0 Å². The van der Waals surface area contributed by atoms with Crippen LogP contribution < -0.4 is 10.2 Å². The molecule has 1 aromatic heterocycles. The molecule has 1 aliphatic heterocycles. The molecule has 1 fully saturated rings. The van der Waals surface area contributed by atoms with E-state index in [9.17, 15) is 14.4 Å². The molecule has 3 aromatic rings. The Bertz CT molecular complexity index is 1060. The molecule has 0 bridgehead atoms. The van der Waals surface area contributed by atoms with Gasteiger partial charge in [0.15, 0.2) is 0 Å².